The van der Waals surface area contributed by atoms with Gasteiger partial charge in [0, 0.05) is 56.2 Å². The van der Waals surface area contributed by atoms with Crippen LogP contribution in [0.25, 0.3) is 39.2 Å². The Bertz CT molecular complexity index is 2390. The quantitative estimate of drug-likeness (QED) is 0.0687. The maximum atomic E-state index is 12.2. The Morgan fingerprint density at radius 3 is 1.59 bits per heavy atom. The molecule has 0 bridgehead atoms. The summed E-state index contributed by atoms with van der Waals surface area (Å²) in [5.74, 6) is 0.733. The summed E-state index contributed by atoms with van der Waals surface area (Å²) in [6.45, 7) is 35.8. The summed E-state index contributed by atoms with van der Waals surface area (Å²) in [4.78, 5) is 24.5. The molecule has 0 atom stereocenters. The molecule has 0 saturated carbocycles. The first-order chi connectivity index (χ1) is 27.5. The third-order valence-electron chi connectivity index (χ3n) is 10.1. The predicted molar refractivity (Wildman–Crippen MR) is 237 cm³/mol. The summed E-state index contributed by atoms with van der Waals surface area (Å²) in [5, 5.41) is 16.2. The largest absolute Gasteiger partial charge is 0.399 e. The van der Waals surface area contributed by atoms with Crippen molar-refractivity contribution >= 4 is 57.0 Å². The summed E-state index contributed by atoms with van der Waals surface area (Å²) in [5.41, 5.74) is 22.6. The van der Waals surface area contributed by atoms with Crippen molar-refractivity contribution in [2.45, 2.75) is 81.1 Å². The predicted octanol–water partition coefficient (Wildman–Crippen LogP) is 7.58. The van der Waals surface area contributed by atoms with Gasteiger partial charge in [-0.15, -0.1) is 0 Å². The molecule has 1 amide bonds. The number of benzene rings is 2. The zero-order valence-electron chi connectivity index (χ0n) is 35.0. The van der Waals surface area contributed by atoms with Crippen LogP contribution in [0.5, 0.6) is 0 Å². The van der Waals surface area contributed by atoms with E-state index in [1.54, 1.807) is 12.1 Å². The average molecular weight is 784 g/mol. The van der Waals surface area contributed by atoms with Gasteiger partial charge in [-0.2, -0.15) is 10.2 Å². The first kappa shape index (κ1) is 41.1. The molecule has 0 fully saturated rings. The van der Waals surface area contributed by atoms with Gasteiger partial charge >= 0.3 is 0 Å². The van der Waals surface area contributed by atoms with Gasteiger partial charge in [-0.25, -0.2) is 9.97 Å². The second-order valence-corrected chi connectivity index (χ2v) is 15.9. The number of imidazole rings is 2. The minimum Gasteiger partial charge on any atom is -0.399 e. The molecule has 0 radical (unpaired) electrons. The highest BCUT2D eigenvalue weighted by molar-refractivity contribution is 5.97. The minimum absolute atomic E-state index is 0.000548. The number of aromatic nitrogens is 8. The van der Waals surface area contributed by atoms with Gasteiger partial charge in [-0.05, 0) is 87.6 Å². The number of allylic oxidation sites excluding steroid dienone is 1. The molecule has 304 valence electrons. The number of nitrogens with one attached hydrogen (secondary N) is 2. The van der Waals surface area contributed by atoms with E-state index in [1.165, 1.54) is 0 Å². The van der Waals surface area contributed by atoms with Gasteiger partial charge in [0.05, 0.1) is 56.2 Å². The van der Waals surface area contributed by atoms with E-state index in [4.69, 9.17) is 21.4 Å². The van der Waals surface area contributed by atoms with Crippen LogP contribution in [0.3, 0.4) is 0 Å². The Labute approximate surface area is 340 Å². The summed E-state index contributed by atoms with van der Waals surface area (Å²) in [6.07, 6.45) is 0.789. The smallest absolute Gasteiger partial charge is 0.248 e. The minimum atomic E-state index is -0.512. The van der Waals surface area contributed by atoms with Gasteiger partial charge in [0.25, 0.3) is 0 Å². The first-order valence-corrected chi connectivity index (χ1v) is 19.7. The molecule has 0 aliphatic carbocycles. The van der Waals surface area contributed by atoms with Gasteiger partial charge in [0.1, 0.15) is 0 Å². The third kappa shape index (κ3) is 8.85. The standard InChI is InChI=1S/C44H57N13O/c1-12-56-39(22-27(3)51-56)31(7)47-42-49-35-24-33(30(6)45)14-16-37(35)54(42)20-18-53(29(5)26-44(9,10)11)19-21-55-38-17-15-34(41(46)58)25-36(38)50-43(55)48-32(8)40-23-28(4)52-57(40)13-2/h14-17,22-25H,5-8,12-13,18-21,26,45H2,1-4,9-11H3,(H2,46,58)(H,47,49)(H,48,50). The van der Waals surface area contributed by atoms with Crippen molar-refractivity contribution in [3.63, 3.8) is 0 Å². The molecule has 6 rings (SSSR count). The average Bonchev–Trinajstić information content (AvgIpc) is 3.92. The number of amides is 1. The fourth-order valence-electron chi connectivity index (χ4n) is 7.31. The van der Waals surface area contributed by atoms with E-state index < -0.39 is 5.91 Å². The highest BCUT2D eigenvalue weighted by atomic mass is 16.1. The molecular weight excluding hydrogens is 727 g/mol. The second kappa shape index (κ2) is 16.5. The fourth-order valence-corrected chi connectivity index (χ4v) is 7.31. The molecule has 4 aromatic heterocycles. The monoisotopic (exact) mass is 783 g/mol. The van der Waals surface area contributed by atoms with Crippen molar-refractivity contribution in [3.8, 4) is 0 Å². The topological polar surface area (TPSA) is 168 Å². The van der Waals surface area contributed by atoms with E-state index in [-0.39, 0.29) is 5.41 Å². The van der Waals surface area contributed by atoms with Crippen LogP contribution >= 0.6 is 0 Å². The molecule has 0 spiro atoms. The molecule has 6 N–H and O–H groups in total. The number of primary amides is 1. The fraction of sp³-hybridized carbons (Fsp3) is 0.341. The summed E-state index contributed by atoms with van der Waals surface area (Å²) in [7, 11) is 0. The lowest BCUT2D eigenvalue weighted by Gasteiger charge is -2.31. The van der Waals surface area contributed by atoms with Gasteiger partial charge < -0.3 is 36.1 Å². The van der Waals surface area contributed by atoms with Crippen molar-refractivity contribution in [2.24, 2.45) is 16.9 Å². The Balaban J connectivity index is 1.34. The number of nitrogens with two attached hydrogens (primary N) is 2. The molecular formula is C44H57N13O. The lowest BCUT2D eigenvalue weighted by molar-refractivity contribution is 0.100. The van der Waals surface area contributed by atoms with Crippen molar-refractivity contribution in [2.75, 3.05) is 23.7 Å². The van der Waals surface area contributed by atoms with Gasteiger partial charge in [0.15, 0.2) is 0 Å². The molecule has 0 aliphatic rings. The SMILES string of the molecule is C=C(N)c1ccc2c(c1)nc(NC(=C)c1cc(C)nn1CC)n2CCN(CCn1c(NC(=C)c2cc(C)nn2CC)nc2cc(C(N)=O)ccc21)C(=C)CC(C)(C)C. The van der Waals surface area contributed by atoms with E-state index in [0.717, 1.165) is 57.0 Å². The zero-order chi connectivity index (χ0) is 42.1. The summed E-state index contributed by atoms with van der Waals surface area (Å²) in [6, 6.07) is 15.3. The number of fused-ring (bicyclic) bond motifs is 2. The molecule has 58 heavy (non-hydrogen) atoms. The third-order valence-corrected chi connectivity index (χ3v) is 10.1. The van der Waals surface area contributed by atoms with Crippen LogP contribution in [0.15, 0.2) is 80.5 Å². The molecule has 0 unspecified atom stereocenters. The normalized spacial score (nSPS) is 11.6. The highest BCUT2D eigenvalue weighted by Crippen LogP contribution is 2.30. The molecule has 4 heterocycles. The number of nitrogens with zero attached hydrogens (tertiary/aromatic N) is 9. The Morgan fingerprint density at radius 2 is 1.17 bits per heavy atom. The number of rotatable bonds is 18. The molecule has 14 nitrogen and oxygen atoms in total. The highest BCUT2D eigenvalue weighted by Gasteiger charge is 2.22. The van der Waals surface area contributed by atoms with E-state index in [1.807, 2.05) is 66.5 Å². The van der Waals surface area contributed by atoms with Crippen molar-refractivity contribution in [1.82, 2.24) is 43.6 Å². The van der Waals surface area contributed by atoms with Crippen LogP contribution in [0, 0.1) is 19.3 Å². The zero-order valence-corrected chi connectivity index (χ0v) is 35.0. The number of hydrogen-bond donors (Lipinski definition) is 4. The first-order valence-electron chi connectivity index (χ1n) is 19.7. The molecule has 6 aromatic rings. The van der Waals surface area contributed by atoms with Gasteiger partial charge in [-0.3, -0.25) is 14.2 Å². The number of carbonyl (C=O) groups is 1. The van der Waals surface area contributed by atoms with Crippen LogP contribution in [-0.2, 0) is 26.2 Å². The maximum Gasteiger partial charge on any atom is 0.248 e. The molecule has 0 saturated heterocycles. The van der Waals surface area contributed by atoms with E-state index in [9.17, 15) is 4.79 Å². The van der Waals surface area contributed by atoms with E-state index >= 15 is 0 Å². The van der Waals surface area contributed by atoms with Crippen molar-refractivity contribution in [3.05, 3.63) is 114 Å². The van der Waals surface area contributed by atoms with Crippen LogP contribution in [-0.4, -0.2) is 62.6 Å². The second-order valence-electron chi connectivity index (χ2n) is 15.9. The molecule has 0 aliphatic heterocycles. The lowest BCUT2D eigenvalue weighted by Crippen LogP contribution is -2.32. The van der Waals surface area contributed by atoms with Crippen LogP contribution in [0.4, 0.5) is 11.9 Å². The Kier molecular flexibility index (Phi) is 11.7. The van der Waals surface area contributed by atoms with Crippen LogP contribution in [0.1, 0.15) is 79.7 Å². The lowest BCUT2D eigenvalue weighted by atomic mass is 9.90. The number of aryl methyl sites for hydroxylation is 4. The summed E-state index contributed by atoms with van der Waals surface area (Å²) < 4.78 is 8.13. The van der Waals surface area contributed by atoms with Crippen LogP contribution < -0.4 is 22.1 Å². The number of carbonyl (C=O) groups excluding carboxylic acids is 1. The maximum absolute atomic E-state index is 12.2. The van der Waals surface area contributed by atoms with Gasteiger partial charge in [0.2, 0.25) is 17.8 Å². The number of hydrogen-bond acceptors (Lipinski definition) is 9. The van der Waals surface area contributed by atoms with E-state index in [0.29, 0.717) is 79.3 Å². The van der Waals surface area contributed by atoms with E-state index in [2.05, 4.69) is 88.9 Å². The van der Waals surface area contributed by atoms with Crippen molar-refractivity contribution in [1.29, 1.82) is 0 Å². The van der Waals surface area contributed by atoms with Gasteiger partial charge in [-0.1, -0.05) is 53.2 Å². The van der Waals surface area contributed by atoms with Crippen LogP contribution in [0.2, 0.25) is 0 Å². The molecule has 14 heteroatoms. The Hall–Kier alpha value is -6.57. The molecule has 2 aromatic carbocycles. The summed E-state index contributed by atoms with van der Waals surface area (Å²) >= 11 is 0. The Morgan fingerprint density at radius 1 is 0.724 bits per heavy atom. The van der Waals surface area contributed by atoms with Crippen molar-refractivity contribution < 1.29 is 4.79 Å². The number of anilines is 2.